The molecule has 0 aromatic rings. The molecule has 110 valence electrons. The minimum Gasteiger partial charge on any atom is -0.428 e. The van der Waals surface area contributed by atoms with Crippen LogP contribution in [0.4, 0.5) is 0 Å². The molecule has 1 N–H and O–H groups in total. The maximum atomic E-state index is 12.0. The van der Waals surface area contributed by atoms with Gasteiger partial charge < -0.3 is 14.7 Å². The fourth-order valence-electron chi connectivity index (χ4n) is 2.49. The first kappa shape index (κ1) is 15.9. The highest BCUT2D eigenvalue weighted by Gasteiger charge is 2.54. The molecule has 0 radical (unpaired) electrons. The second-order valence-corrected chi connectivity index (χ2v) is 5.99. The monoisotopic (exact) mass is 273 g/mol. The second kappa shape index (κ2) is 5.46. The molecule has 19 heavy (non-hydrogen) atoms. The predicted octanol–water partition coefficient (Wildman–Crippen LogP) is 1.71. The molecule has 1 rings (SSSR count). The Morgan fingerprint density at radius 3 is 2.26 bits per heavy atom. The van der Waals surface area contributed by atoms with Crippen LogP contribution >= 0.6 is 0 Å². The number of carbonyl (C=O) groups excluding carboxylic acids is 2. The van der Waals surface area contributed by atoms with E-state index >= 15 is 0 Å². The first-order chi connectivity index (χ1) is 8.63. The zero-order valence-corrected chi connectivity index (χ0v) is 12.2. The first-order valence-corrected chi connectivity index (χ1v) is 6.44. The summed E-state index contributed by atoms with van der Waals surface area (Å²) in [6, 6.07) is 0. The normalized spacial score (nSPS) is 25.1. The molecule has 0 aromatic carbocycles. The number of rotatable bonds is 4. The molecule has 0 saturated carbocycles. The SMILES string of the molecule is CCC(=O)OCOC(=O)C1CC(C)(C)N(O)C1(C)C. The van der Waals surface area contributed by atoms with Crippen molar-refractivity contribution in [3.63, 3.8) is 0 Å². The van der Waals surface area contributed by atoms with Gasteiger partial charge in [-0.05, 0) is 34.1 Å². The molecule has 0 amide bonds. The van der Waals surface area contributed by atoms with E-state index in [1.54, 1.807) is 20.8 Å². The van der Waals surface area contributed by atoms with Gasteiger partial charge in [-0.2, -0.15) is 5.06 Å². The molecule has 6 nitrogen and oxygen atoms in total. The van der Waals surface area contributed by atoms with E-state index < -0.39 is 28.9 Å². The second-order valence-electron chi connectivity index (χ2n) is 5.99. The Balaban J connectivity index is 2.60. The summed E-state index contributed by atoms with van der Waals surface area (Å²) in [7, 11) is 0. The molecule has 0 aliphatic carbocycles. The van der Waals surface area contributed by atoms with E-state index in [-0.39, 0.29) is 13.2 Å². The molecule has 0 aromatic heterocycles. The smallest absolute Gasteiger partial charge is 0.313 e. The maximum Gasteiger partial charge on any atom is 0.313 e. The van der Waals surface area contributed by atoms with E-state index in [0.29, 0.717) is 6.42 Å². The summed E-state index contributed by atoms with van der Waals surface area (Å²) in [6.45, 7) is 8.58. The Bertz CT molecular complexity index is 364. The van der Waals surface area contributed by atoms with Gasteiger partial charge in [-0.3, -0.25) is 9.59 Å². The molecule has 1 aliphatic rings. The van der Waals surface area contributed by atoms with Crippen LogP contribution in [0.1, 0.15) is 47.5 Å². The van der Waals surface area contributed by atoms with Gasteiger partial charge in [0.15, 0.2) is 0 Å². The van der Waals surface area contributed by atoms with Crippen LogP contribution in [0.3, 0.4) is 0 Å². The van der Waals surface area contributed by atoms with Gasteiger partial charge in [-0.15, -0.1) is 0 Å². The van der Waals surface area contributed by atoms with Crippen LogP contribution in [0.2, 0.25) is 0 Å². The number of nitrogens with zero attached hydrogens (tertiary/aromatic N) is 1. The van der Waals surface area contributed by atoms with Crippen LogP contribution in [0, 0.1) is 5.92 Å². The first-order valence-electron chi connectivity index (χ1n) is 6.44. The maximum absolute atomic E-state index is 12.0. The van der Waals surface area contributed by atoms with Gasteiger partial charge in [0, 0.05) is 12.0 Å². The lowest BCUT2D eigenvalue weighted by Gasteiger charge is -2.35. The van der Waals surface area contributed by atoms with Gasteiger partial charge in [0.1, 0.15) is 0 Å². The van der Waals surface area contributed by atoms with E-state index in [0.717, 1.165) is 0 Å². The highest BCUT2D eigenvalue weighted by molar-refractivity contribution is 5.75. The van der Waals surface area contributed by atoms with Crippen molar-refractivity contribution in [1.29, 1.82) is 0 Å². The lowest BCUT2D eigenvalue weighted by Crippen LogP contribution is -2.48. The average molecular weight is 273 g/mol. The van der Waals surface area contributed by atoms with Crippen molar-refractivity contribution in [2.75, 3.05) is 6.79 Å². The van der Waals surface area contributed by atoms with Crippen LogP contribution in [0.25, 0.3) is 0 Å². The van der Waals surface area contributed by atoms with E-state index in [1.165, 1.54) is 5.06 Å². The van der Waals surface area contributed by atoms with Crippen molar-refractivity contribution < 1.29 is 24.3 Å². The van der Waals surface area contributed by atoms with Gasteiger partial charge in [-0.25, -0.2) is 0 Å². The Kier molecular flexibility index (Phi) is 4.58. The molecular formula is C13H23NO5. The van der Waals surface area contributed by atoms with Gasteiger partial charge in [-0.1, -0.05) is 6.92 Å². The quantitative estimate of drug-likeness (QED) is 0.620. The molecule has 1 unspecified atom stereocenters. The van der Waals surface area contributed by atoms with E-state index in [2.05, 4.69) is 0 Å². The van der Waals surface area contributed by atoms with Crippen molar-refractivity contribution in [1.82, 2.24) is 5.06 Å². The fraction of sp³-hybridized carbons (Fsp3) is 0.846. The largest absolute Gasteiger partial charge is 0.428 e. The average Bonchev–Trinajstić information content (AvgIpc) is 2.49. The topological polar surface area (TPSA) is 76.1 Å². The number of hydroxylamine groups is 2. The predicted molar refractivity (Wildman–Crippen MR) is 67.2 cm³/mol. The van der Waals surface area contributed by atoms with Crippen LogP contribution in [0.5, 0.6) is 0 Å². The number of hydrogen-bond acceptors (Lipinski definition) is 6. The Morgan fingerprint density at radius 1 is 1.26 bits per heavy atom. The Morgan fingerprint density at radius 2 is 1.84 bits per heavy atom. The van der Waals surface area contributed by atoms with Gasteiger partial charge in [0.05, 0.1) is 11.5 Å². The summed E-state index contributed by atoms with van der Waals surface area (Å²) < 4.78 is 9.67. The summed E-state index contributed by atoms with van der Waals surface area (Å²) in [5.74, 6) is -1.34. The minimum absolute atomic E-state index is 0.240. The number of hydrogen-bond donors (Lipinski definition) is 1. The molecular weight excluding hydrogens is 250 g/mol. The third-order valence-corrected chi connectivity index (χ3v) is 3.67. The molecule has 1 saturated heterocycles. The molecule has 1 heterocycles. The van der Waals surface area contributed by atoms with Crippen molar-refractivity contribution in [2.24, 2.45) is 5.92 Å². The summed E-state index contributed by atoms with van der Waals surface area (Å²) in [6.07, 6.45) is 0.723. The van der Waals surface area contributed by atoms with Crippen molar-refractivity contribution >= 4 is 11.9 Å². The number of carbonyl (C=O) groups is 2. The zero-order valence-electron chi connectivity index (χ0n) is 12.2. The van der Waals surface area contributed by atoms with Crippen LogP contribution in [-0.4, -0.2) is 40.1 Å². The lowest BCUT2D eigenvalue weighted by atomic mass is 9.87. The van der Waals surface area contributed by atoms with Crippen LogP contribution in [-0.2, 0) is 19.1 Å². The molecule has 0 spiro atoms. The van der Waals surface area contributed by atoms with Crippen molar-refractivity contribution in [3.05, 3.63) is 0 Å². The van der Waals surface area contributed by atoms with E-state index in [9.17, 15) is 14.8 Å². The summed E-state index contributed by atoms with van der Waals surface area (Å²) in [5.41, 5.74) is -1.21. The standard InChI is InChI=1S/C13H23NO5/c1-6-10(15)18-8-19-11(16)9-7-12(2,3)14(17)13(9,4)5/h9,17H,6-8H2,1-5H3. The Hall–Kier alpha value is -1.14. The molecule has 1 atom stereocenters. The van der Waals surface area contributed by atoms with Crippen molar-refractivity contribution in [3.8, 4) is 0 Å². The Labute approximate surface area is 113 Å². The van der Waals surface area contributed by atoms with Crippen molar-refractivity contribution in [2.45, 2.75) is 58.5 Å². The molecule has 1 fully saturated rings. The number of esters is 2. The molecule has 6 heteroatoms. The minimum atomic E-state index is -0.713. The molecule has 1 aliphatic heterocycles. The summed E-state index contributed by atoms with van der Waals surface area (Å²) in [4.78, 5) is 22.9. The van der Waals surface area contributed by atoms with E-state index in [4.69, 9.17) is 9.47 Å². The van der Waals surface area contributed by atoms with Crippen LogP contribution in [0.15, 0.2) is 0 Å². The third kappa shape index (κ3) is 3.25. The van der Waals surface area contributed by atoms with Gasteiger partial charge >= 0.3 is 11.9 Å². The highest BCUT2D eigenvalue weighted by Crippen LogP contribution is 2.43. The zero-order chi connectivity index (χ0) is 14.8. The van der Waals surface area contributed by atoms with Crippen LogP contribution < -0.4 is 0 Å². The third-order valence-electron chi connectivity index (χ3n) is 3.67. The van der Waals surface area contributed by atoms with E-state index in [1.807, 2.05) is 13.8 Å². The van der Waals surface area contributed by atoms with Gasteiger partial charge in [0.2, 0.25) is 6.79 Å². The molecule has 0 bridgehead atoms. The van der Waals surface area contributed by atoms with Gasteiger partial charge in [0.25, 0.3) is 0 Å². The summed E-state index contributed by atoms with van der Waals surface area (Å²) in [5, 5.41) is 11.3. The highest BCUT2D eigenvalue weighted by atomic mass is 16.7. The fourth-order valence-corrected chi connectivity index (χ4v) is 2.49. The lowest BCUT2D eigenvalue weighted by molar-refractivity contribution is -0.202. The number of ether oxygens (including phenoxy) is 2. The summed E-state index contributed by atoms with van der Waals surface area (Å²) >= 11 is 0.